The Bertz CT molecular complexity index is 80.5. The normalized spacial score (nSPS) is 9.88. The van der Waals surface area contributed by atoms with E-state index in [2.05, 4.69) is 5.32 Å². The number of carbonyl (C=O) groups excluding carboxylic acids is 1. The van der Waals surface area contributed by atoms with E-state index in [1.165, 1.54) is 0 Å². The van der Waals surface area contributed by atoms with E-state index in [1.54, 1.807) is 0 Å². The first-order valence-electron chi connectivity index (χ1n) is 2.60. The molecule has 0 heterocycles. The van der Waals surface area contributed by atoms with E-state index < -0.39 is 5.91 Å². The van der Waals surface area contributed by atoms with Crippen LogP contribution in [0.25, 0.3) is 0 Å². The molecule has 0 bridgehead atoms. The Labute approximate surface area is 49.3 Å². The summed E-state index contributed by atoms with van der Waals surface area (Å²) in [4.78, 5) is 9.95. The molecule has 3 heteroatoms. The lowest BCUT2D eigenvalue weighted by molar-refractivity contribution is -0.117. The molecule has 0 fully saturated rings. The van der Waals surface area contributed by atoms with E-state index in [9.17, 15) is 4.79 Å². The third kappa shape index (κ3) is 5.43. The quantitative estimate of drug-likeness (QED) is 0.553. The van der Waals surface area contributed by atoms with Crippen LogP contribution in [-0.2, 0) is 4.79 Å². The standard InChI is InChI=1S/C5H11N2O/c1-4(2)7-3-5(6)8/h4,6-7H,3H2,1-2H3. The Hall–Kier alpha value is -0.570. The molecule has 47 valence electrons. The molecule has 8 heavy (non-hydrogen) atoms. The summed E-state index contributed by atoms with van der Waals surface area (Å²) in [6.07, 6.45) is 0. The van der Waals surface area contributed by atoms with Crippen molar-refractivity contribution in [3.05, 3.63) is 0 Å². The van der Waals surface area contributed by atoms with Gasteiger partial charge in [0, 0.05) is 6.04 Å². The predicted molar refractivity (Wildman–Crippen MR) is 31.2 cm³/mol. The highest BCUT2D eigenvalue weighted by atomic mass is 16.1. The maximum Gasteiger partial charge on any atom is 0.252 e. The second-order valence-electron chi connectivity index (χ2n) is 1.96. The van der Waals surface area contributed by atoms with Gasteiger partial charge in [-0.1, -0.05) is 13.8 Å². The van der Waals surface area contributed by atoms with Gasteiger partial charge in [0.2, 0.25) is 0 Å². The lowest BCUT2D eigenvalue weighted by Gasteiger charge is -2.02. The van der Waals surface area contributed by atoms with E-state index in [0.717, 1.165) is 0 Å². The zero-order valence-corrected chi connectivity index (χ0v) is 5.19. The van der Waals surface area contributed by atoms with Gasteiger partial charge >= 0.3 is 0 Å². The van der Waals surface area contributed by atoms with Crippen LogP contribution < -0.4 is 11.1 Å². The molecule has 1 radical (unpaired) electrons. The number of nitrogens with one attached hydrogen (secondary N) is 2. The van der Waals surface area contributed by atoms with Gasteiger partial charge in [-0.3, -0.25) is 10.5 Å². The molecule has 1 amide bonds. The average molecular weight is 115 g/mol. The second-order valence-corrected chi connectivity index (χ2v) is 1.96. The van der Waals surface area contributed by atoms with Crippen LogP contribution >= 0.6 is 0 Å². The number of hydrogen-bond donors (Lipinski definition) is 1. The summed E-state index contributed by atoms with van der Waals surface area (Å²) in [5, 5.41) is 2.81. The zero-order valence-electron chi connectivity index (χ0n) is 5.19. The lowest BCUT2D eigenvalue weighted by Crippen LogP contribution is -2.29. The Morgan fingerprint density at radius 1 is 1.75 bits per heavy atom. The summed E-state index contributed by atoms with van der Waals surface area (Å²) >= 11 is 0. The van der Waals surface area contributed by atoms with Crippen LogP contribution in [0.4, 0.5) is 0 Å². The van der Waals surface area contributed by atoms with Crippen LogP contribution in [0.1, 0.15) is 13.8 Å². The molecule has 0 aliphatic heterocycles. The van der Waals surface area contributed by atoms with Gasteiger partial charge in [-0.2, -0.15) is 0 Å². The molecule has 0 saturated carbocycles. The van der Waals surface area contributed by atoms with Gasteiger partial charge in [0.15, 0.2) is 0 Å². The van der Waals surface area contributed by atoms with Crippen molar-refractivity contribution in [3.63, 3.8) is 0 Å². The van der Waals surface area contributed by atoms with Crippen molar-refractivity contribution >= 4 is 5.91 Å². The average Bonchev–Trinajstić information content (AvgIpc) is 1.61. The Balaban J connectivity index is 3.05. The van der Waals surface area contributed by atoms with Crippen molar-refractivity contribution in [2.75, 3.05) is 6.54 Å². The van der Waals surface area contributed by atoms with Gasteiger partial charge in [-0.25, -0.2) is 0 Å². The van der Waals surface area contributed by atoms with Crippen molar-refractivity contribution in [2.45, 2.75) is 19.9 Å². The fraction of sp³-hybridized carbons (Fsp3) is 0.800. The fourth-order valence-corrected chi connectivity index (χ4v) is 0.297. The van der Waals surface area contributed by atoms with Crippen molar-refractivity contribution in [1.82, 2.24) is 11.1 Å². The van der Waals surface area contributed by atoms with Crippen LogP contribution in [0.3, 0.4) is 0 Å². The van der Waals surface area contributed by atoms with E-state index in [4.69, 9.17) is 5.73 Å². The van der Waals surface area contributed by atoms with Crippen molar-refractivity contribution < 1.29 is 4.79 Å². The Kier molecular flexibility index (Phi) is 3.19. The van der Waals surface area contributed by atoms with Gasteiger partial charge in [0.25, 0.3) is 5.91 Å². The molecule has 0 spiro atoms. The minimum absolute atomic E-state index is 0.164. The minimum Gasteiger partial charge on any atom is -0.306 e. The molecule has 0 aromatic carbocycles. The Morgan fingerprint density at radius 2 is 2.25 bits per heavy atom. The van der Waals surface area contributed by atoms with Crippen LogP contribution in [0.5, 0.6) is 0 Å². The summed E-state index contributed by atoms with van der Waals surface area (Å²) in [7, 11) is 0. The smallest absolute Gasteiger partial charge is 0.252 e. The van der Waals surface area contributed by atoms with Crippen LogP contribution in [0, 0.1) is 0 Å². The molecule has 0 aromatic heterocycles. The van der Waals surface area contributed by atoms with Crippen molar-refractivity contribution in [3.8, 4) is 0 Å². The van der Waals surface area contributed by atoms with Crippen LogP contribution in [0.15, 0.2) is 0 Å². The second kappa shape index (κ2) is 3.43. The summed E-state index contributed by atoms with van der Waals surface area (Å²) < 4.78 is 0. The zero-order chi connectivity index (χ0) is 6.57. The van der Waals surface area contributed by atoms with Gasteiger partial charge in [0.1, 0.15) is 0 Å². The van der Waals surface area contributed by atoms with E-state index in [-0.39, 0.29) is 6.54 Å². The molecule has 0 unspecified atom stereocenters. The molecule has 0 aromatic rings. The third-order valence-electron chi connectivity index (χ3n) is 0.671. The molecule has 0 aliphatic carbocycles. The fourth-order valence-electron chi connectivity index (χ4n) is 0.297. The van der Waals surface area contributed by atoms with E-state index in [1.807, 2.05) is 13.8 Å². The number of carbonyl (C=O) groups is 1. The summed E-state index contributed by atoms with van der Waals surface area (Å²) in [6.45, 7) is 4.03. The number of amides is 1. The first kappa shape index (κ1) is 7.43. The SMILES string of the molecule is CC(C)NCC([NH])=O. The maximum absolute atomic E-state index is 9.95. The van der Waals surface area contributed by atoms with Gasteiger partial charge in [-0.15, -0.1) is 0 Å². The monoisotopic (exact) mass is 115 g/mol. The molecule has 0 atom stereocenters. The first-order chi connectivity index (χ1) is 3.63. The summed E-state index contributed by atoms with van der Waals surface area (Å²) in [5.41, 5.74) is 6.47. The minimum atomic E-state index is -0.557. The van der Waals surface area contributed by atoms with Crippen LogP contribution in [0.2, 0.25) is 0 Å². The van der Waals surface area contributed by atoms with Crippen molar-refractivity contribution in [1.29, 1.82) is 0 Å². The summed E-state index contributed by atoms with van der Waals surface area (Å²) in [5.74, 6) is -0.557. The predicted octanol–water partition coefficient (Wildman–Crippen LogP) is -0.206. The molecule has 2 N–H and O–H groups in total. The molecular weight excluding hydrogens is 104 g/mol. The van der Waals surface area contributed by atoms with E-state index in [0.29, 0.717) is 6.04 Å². The summed E-state index contributed by atoms with van der Waals surface area (Å²) in [6, 6.07) is 0.296. The largest absolute Gasteiger partial charge is 0.306 e. The van der Waals surface area contributed by atoms with Gasteiger partial charge in [0.05, 0.1) is 6.54 Å². The van der Waals surface area contributed by atoms with E-state index >= 15 is 0 Å². The molecule has 3 nitrogen and oxygen atoms in total. The lowest BCUT2D eigenvalue weighted by atomic mass is 10.4. The van der Waals surface area contributed by atoms with Crippen LogP contribution in [-0.4, -0.2) is 18.5 Å². The van der Waals surface area contributed by atoms with Gasteiger partial charge < -0.3 is 5.32 Å². The highest BCUT2D eigenvalue weighted by Crippen LogP contribution is 1.72. The van der Waals surface area contributed by atoms with Gasteiger partial charge in [-0.05, 0) is 0 Å². The first-order valence-corrected chi connectivity index (χ1v) is 2.60. The molecule has 0 saturated heterocycles. The van der Waals surface area contributed by atoms with Crippen molar-refractivity contribution in [2.24, 2.45) is 0 Å². The highest BCUT2D eigenvalue weighted by molar-refractivity contribution is 5.75. The maximum atomic E-state index is 9.95. The molecule has 0 rings (SSSR count). The molecule has 0 aliphatic rings. The third-order valence-corrected chi connectivity index (χ3v) is 0.671. The molecular formula is C5H11N2O. The highest BCUT2D eigenvalue weighted by Gasteiger charge is 1.94. The number of hydrogen-bond acceptors (Lipinski definition) is 2. The number of rotatable bonds is 3. The topological polar surface area (TPSA) is 52.9 Å². The Morgan fingerprint density at radius 3 is 2.38 bits per heavy atom.